The van der Waals surface area contributed by atoms with Gasteiger partial charge in [-0.3, -0.25) is 0 Å². The zero-order chi connectivity index (χ0) is 12.7. The molecule has 0 bridgehead atoms. The van der Waals surface area contributed by atoms with Crippen LogP contribution in [0, 0.1) is 5.92 Å². The zero-order valence-electron chi connectivity index (χ0n) is 10.9. The highest BCUT2D eigenvalue weighted by Gasteiger charge is 2.32. The van der Waals surface area contributed by atoms with Crippen LogP contribution in [0.1, 0.15) is 31.6 Å². The van der Waals surface area contributed by atoms with Crippen molar-refractivity contribution in [2.75, 3.05) is 7.11 Å². The summed E-state index contributed by atoms with van der Waals surface area (Å²) in [5.74, 6) is 2.48. The van der Waals surface area contributed by atoms with Crippen LogP contribution in [0.4, 0.5) is 0 Å². The molecule has 0 spiro atoms. The van der Waals surface area contributed by atoms with E-state index in [2.05, 4.69) is 17.6 Å². The fourth-order valence-corrected chi connectivity index (χ4v) is 2.51. The number of hydrogen-bond donors (Lipinski definition) is 1. The molecular formula is C14H19N3O. The Bertz CT molecular complexity index is 572. The number of nitrogens with two attached hydrogens (primary N) is 1. The number of rotatable bonds is 4. The number of fused-ring (bicyclic) bond motifs is 1. The monoisotopic (exact) mass is 245 g/mol. The van der Waals surface area contributed by atoms with Crippen molar-refractivity contribution in [2.24, 2.45) is 11.7 Å². The van der Waals surface area contributed by atoms with Crippen LogP contribution in [0.25, 0.3) is 11.0 Å². The third-order valence-corrected chi connectivity index (χ3v) is 3.73. The van der Waals surface area contributed by atoms with Crippen LogP contribution < -0.4 is 10.5 Å². The lowest BCUT2D eigenvalue weighted by molar-refractivity contribution is 0.415. The molecule has 1 saturated carbocycles. The summed E-state index contributed by atoms with van der Waals surface area (Å²) >= 11 is 0. The zero-order valence-corrected chi connectivity index (χ0v) is 10.9. The van der Waals surface area contributed by atoms with Crippen molar-refractivity contribution in [3.8, 4) is 5.75 Å². The third kappa shape index (κ3) is 1.77. The first kappa shape index (κ1) is 11.5. The maximum Gasteiger partial charge on any atom is 0.127 e. The molecule has 0 saturated heterocycles. The molecule has 0 amide bonds. The Kier molecular flexibility index (Phi) is 2.74. The number of aromatic nitrogens is 2. The van der Waals surface area contributed by atoms with E-state index in [0.29, 0.717) is 5.92 Å². The molecule has 1 fully saturated rings. The molecule has 2 N–H and O–H groups in total. The lowest BCUT2D eigenvalue weighted by Crippen LogP contribution is -2.18. The largest absolute Gasteiger partial charge is 0.497 e. The predicted octanol–water partition coefficient (Wildman–Crippen LogP) is 2.47. The van der Waals surface area contributed by atoms with Crippen molar-refractivity contribution in [1.82, 2.24) is 9.55 Å². The van der Waals surface area contributed by atoms with Crippen LogP contribution in [0.2, 0.25) is 0 Å². The van der Waals surface area contributed by atoms with Gasteiger partial charge in [0, 0.05) is 12.6 Å². The van der Waals surface area contributed by atoms with E-state index >= 15 is 0 Å². The summed E-state index contributed by atoms with van der Waals surface area (Å²) < 4.78 is 7.46. The second-order valence-corrected chi connectivity index (χ2v) is 4.93. The minimum absolute atomic E-state index is 0.0725. The Hall–Kier alpha value is -1.55. The second-order valence-electron chi connectivity index (χ2n) is 4.93. The van der Waals surface area contributed by atoms with Gasteiger partial charge in [0.15, 0.2) is 0 Å². The van der Waals surface area contributed by atoms with Crippen LogP contribution >= 0.6 is 0 Å². The van der Waals surface area contributed by atoms with Gasteiger partial charge in [-0.25, -0.2) is 4.98 Å². The molecule has 4 heteroatoms. The van der Waals surface area contributed by atoms with Gasteiger partial charge in [0.05, 0.1) is 24.2 Å². The van der Waals surface area contributed by atoms with Crippen molar-refractivity contribution in [3.63, 3.8) is 0 Å². The summed E-state index contributed by atoms with van der Waals surface area (Å²) in [4.78, 5) is 4.71. The number of aryl methyl sites for hydroxylation is 1. The van der Waals surface area contributed by atoms with Crippen molar-refractivity contribution in [1.29, 1.82) is 0 Å². The quantitative estimate of drug-likeness (QED) is 0.900. The van der Waals surface area contributed by atoms with E-state index in [4.69, 9.17) is 15.5 Å². The van der Waals surface area contributed by atoms with E-state index in [1.807, 2.05) is 12.1 Å². The van der Waals surface area contributed by atoms with E-state index in [0.717, 1.165) is 29.2 Å². The molecule has 1 aromatic heterocycles. The van der Waals surface area contributed by atoms with Gasteiger partial charge in [0.1, 0.15) is 11.6 Å². The lowest BCUT2D eigenvalue weighted by Gasteiger charge is -2.12. The number of imidazole rings is 1. The van der Waals surface area contributed by atoms with Gasteiger partial charge in [0.25, 0.3) is 0 Å². The number of nitrogens with zero attached hydrogens (tertiary/aromatic N) is 2. The van der Waals surface area contributed by atoms with Crippen LogP contribution in [-0.4, -0.2) is 16.7 Å². The molecule has 1 aliphatic rings. The van der Waals surface area contributed by atoms with Crippen LogP contribution in [-0.2, 0) is 6.54 Å². The average Bonchev–Trinajstić information content (AvgIpc) is 3.17. The Morgan fingerprint density at radius 1 is 1.50 bits per heavy atom. The summed E-state index contributed by atoms with van der Waals surface area (Å²) in [5.41, 5.74) is 8.41. The first-order valence-electron chi connectivity index (χ1n) is 6.54. The highest BCUT2D eigenvalue weighted by molar-refractivity contribution is 5.78. The maximum absolute atomic E-state index is 6.30. The number of methoxy groups -OCH3 is 1. The molecule has 0 radical (unpaired) electrons. The average molecular weight is 245 g/mol. The molecule has 1 unspecified atom stereocenters. The fraction of sp³-hybridized carbons (Fsp3) is 0.500. The van der Waals surface area contributed by atoms with E-state index in [1.165, 1.54) is 12.8 Å². The number of benzene rings is 1. The van der Waals surface area contributed by atoms with E-state index in [1.54, 1.807) is 7.11 Å². The van der Waals surface area contributed by atoms with Gasteiger partial charge in [-0.05, 0) is 37.8 Å². The molecule has 1 heterocycles. The normalized spacial score (nSPS) is 17.1. The molecule has 4 nitrogen and oxygen atoms in total. The molecular weight excluding hydrogens is 226 g/mol. The van der Waals surface area contributed by atoms with Crippen molar-refractivity contribution >= 4 is 11.0 Å². The molecule has 1 aliphatic carbocycles. The highest BCUT2D eigenvalue weighted by atomic mass is 16.5. The molecule has 1 atom stereocenters. The summed E-state index contributed by atoms with van der Waals surface area (Å²) in [6.45, 7) is 3.03. The predicted molar refractivity (Wildman–Crippen MR) is 71.6 cm³/mol. The Labute approximate surface area is 107 Å². The highest BCUT2D eigenvalue weighted by Crippen LogP contribution is 2.40. The van der Waals surface area contributed by atoms with Crippen LogP contribution in [0.15, 0.2) is 18.2 Å². The number of hydrogen-bond acceptors (Lipinski definition) is 3. The first-order chi connectivity index (χ1) is 8.74. The molecule has 0 aliphatic heterocycles. The van der Waals surface area contributed by atoms with E-state index in [-0.39, 0.29) is 6.04 Å². The first-order valence-corrected chi connectivity index (χ1v) is 6.54. The molecule has 1 aromatic carbocycles. The van der Waals surface area contributed by atoms with Gasteiger partial charge in [-0.1, -0.05) is 0 Å². The SMILES string of the molecule is CCn1c(C(N)C2CC2)nc2cc(OC)ccc21. The Morgan fingerprint density at radius 3 is 2.89 bits per heavy atom. The van der Waals surface area contributed by atoms with Crippen molar-refractivity contribution in [2.45, 2.75) is 32.4 Å². The minimum Gasteiger partial charge on any atom is -0.497 e. The Balaban J connectivity index is 2.12. The maximum atomic E-state index is 6.30. The molecule has 2 aromatic rings. The summed E-state index contributed by atoms with van der Waals surface area (Å²) in [7, 11) is 1.68. The topological polar surface area (TPSA) is 53.1 Å². The molecule has 3 rings (SSSR count). The van der Waals surface area contributed by atoms with Crippen LogP contribution in [0.5, 0.6) is 5.75 Å². The van der Waals surface area contributed by atoms with E-state index in [9.17, 15) is 0 Å². The van der Waals surface area contributed by atoms with Crippen molar-refractivity contribution < 1.29 is 4.74 Å². The smallest absolute Gasteiger partial charge is 0.127 e. The molecule has 96 valence electrons. The second kappa shape index (κ2) is 4.28. The lowest BCUT2D eigenvalue weighted by atomic mass is 10.2. The fourth-order valence-electron chi connectivity index (χ4n) is 2.51. The summed E-state index contributed by atoms with van der Waals surface area (Å²) in [6, 6.07) is 6.09. The van der Waals surface area contributed by atoms with Crippen LogP contribution in [0.3, 0.4) is 0 Å². The van der Waals surface area contributed by atoms with Gasteiger partial charge >= 0.3 is 0 Å². The Morgan fingerprint density at radius 2 is 2.28 bits per heavy atom. The minimum atomic E-state index is 0.0725. The van der Waals surface area contributed by atoms with Crippen molar-refractivity contribution in [3.05, 3.63) is 24.0 Å². The summed E-state index contributed by atoms with van der Waals surface area (Å²) in [6.07, 6.45) is 2.47. The van der Waals surface area contributed by atoms with Gasteiger partial charge in [-0.15, -0.1) is 0 Å². The van der Waals surface area contributed by atoms with Gasteiger partial charge in [-0.2, -0.15) is 0 Å². The molecule has 18 heavy (non-hydrogen) atoms. The van der Waals surface area contributed by atoms with Gasteiger partial charge < -0.3 is 15.0 Å². The number of ether oxygens (including phenoxy) is 1. The van der Waals surface area contributed by atoms with Gasteiger partial charge in [0.2, 0.25) is 0 Å². The summed E-state index contributed by atoms with van der Waals surface area (Å²) in [5, 5.41) is 0. The standard InChI is InChI=1S/C14H19N3O/c1-3-17-12-7-6-10(18-2)8-11(12)16-14(17)13(15)9-4-5-9/h6-9,13H,3-5,15H2,1-2H3. The third-order valence-electron chi connectivity index (χ3n) is 3.73. The van der Waals surface area contributed by atoms with E-state index < -0.39 is 0 Å².